The van der Waals surface area contributed by atoms with E-state index in [9.17, 15) is 20.2 Å². The third-order valence-corrected chi connectivity index (χ3v) is 4.29. The van der Waals surface area contributed by atoms with Crippen molar-refractivity contribution in [2.45, 2.75) is 13.2 Å². The standard InChI is InChI=1S/C16H15N2O6P.BH3/c1-2-25(23-11-13-7-3-5-9-15(13)17(19)20)24-12-14-8-4-6-10-16(14)18(21)22;/h2-10H,1,11-12H2;1H3. The number of para-hydroxylation sites is 2. The summed E-state index contributed by atoms with van der Waals surface area (Å²) in [5.74, 6) is 1.44. The first-order chi connectivity index (χ1) is 12.0. The first-order valence-electron chi connectivity index (χ1n) is 7.15. The molecular formula is C16H18BN2O6P. The lowest BCUT2D eigenvalue weighted by molar-refractivity contribution is -0.385. The molecule has 0 N–H and O–H groups in total. The minimum atomic E-state index is -1.55. The molecule has 136 valence electrons. The highest BCUT2D eigenvalue weighted by Crippen LogP contribution is 2.42. The summed E-state index contributed by atoms with van der Waals surface area (Å²) in [4.78, 5) is 21.0. The van der Waals surface area contributed by atoms with Crippen LogP contribution in [0.15, 0.2) is 60.9 Å². The molecule has 0 aliphatic rings. The smallest absolute Gasteiger partial charge is 0.274 e. The summed E-state index contributed by atoms with van der Waals surface area (Å²) in [6, 6.07) is 12.5. The SMILES string of the molecule is B.C=CP(OCc1ccccc1[N+](=O)[O-])OCc1ccccc1[N+](=O)[O-]. The maximum absolute atomic E-state index is 11.0. The Morgan fingerprint density at radius 2 is 1.27 bits per heavy atom. The molecule has 0 amide bonds. The van der Waals surface area contributed by atoms with Gasteiger partial charge in [-0.2, -0.15) is 0 Å². The maximum atomic E-state index is 11.0. The van der Waals surface area contributed by atoms with Gasteiger partial charge in [-0.15, -0.1) is 0 Å². The van der Waals surface area contributed by atoms with Gasteiger partial charge in [-0.1, -0.05) is 30.8 Å². The highest BCUT2D eigenvalue weighted by atomic mass is 31.2. The zero-order valence-corrected chi connectivity index (χ0v) is 14.0. The lowest BCUT2D eigenvalue weighted by Gasteiger charge is -2.14. The summed E-state index contributed by atoms with van der Waals surface area (Å²) in [6.45, 7) is 3.57. The van der Waals surface area contributed by atoms with Gasteiger partial charge >= 0.3 is 0 Å². The van der Waals surface area contributed by atoms with Crippen molar-refractivity contribution in [1.29, 1.82) is 0 Å². The Balaban J connectivity index is 0.00000338. The molecule has 10 heteroatoms. The molecule has 0 heterocycles. The van der Waals surface area contributed by atoms with Crippen molar-refractivity contribution in [3.8, 4) is 0 Å². The Labute approximate surface area is 153 Å². The van der Waals surface area contributed by atoms with Gasteiger partial charge in [0, 0.05) is 12.1 Å². The van der Waals surface area contributed by atoms with Crippen molar-refractivity contribution >= 4 is 28.2 Å². The van der Waals surface area contributed by atoms with Crippen LogP contribution in [0.5, 0.6) is 0 Å². The molecule has 0 fully saturated rings. The number of benzene rings is 2. The molecule has 26 heavy (non-hydrogen) atoms. The highest BCUT2D eigenvalue weighted by Gasteiger charge is 2.17. The van der Waals surface area contributed by atoms with E-state index in [1.807, 2.05) is 0 Å². The molecule has 0 spiro atoms. The third-order valence-electron chi connectivity index (χ3n) is 3.22. The second kappa shape index (κ2) is 10.4. The average molecular weight is 376 g/mol. The third kappa shape index (κ3) is 5.73. The Bertz CT molecular complexity index is 727. The molecular weight excluding hydrogens is 358 g/mol. The minimum Gasteiger partial charge on any atom is -0.326 e. The highest BCUT2D eigenvalue weighted by molar-refractivity contribution is 7.50. The van der Waals surface area contributed by atoms with Crippen molar-refractivity contribution in [2.75, 3.05) is 0 Å². The molecule has 0 unspecified atom stereocenters. The largest absolute Gasteiger partial charge is 0.326 e. The summed E-state index contributed by atoms with van der Waals surface area (Å²) in [5.41, 5.74) is 0.743. The predicted molar refractivity (Wildman–Crippen MR) is 103 cm³/mol. The first kappa shape index (κ1) is 21.4. The molecule has 0 aliphatic carbocycles. The van der Waals surface area contributed by atoms with Gasteiger partial charge in [-0.25, -0.2) is 0 Å². The minimum absolute atomic E-state index is 0. The van der Waals surface area contributed by atoms with Crippen molar-refractivity contribution in [3.05, 3.63) is 92.3 Å². The van der Waals surface area contributed by atoms with E-state index in [0.717, 1.165) is 0 Å². The summed E-state index contributed by atoms with van der Waals surface area (Å²) in [6.07, 6.45) is 0. The summed E-state index contributed by atoms with van der Waals surface area (Å²) in [7, 11) is -1.55. The monoisotopic (exact) mass is 376 g/mol. The van der Waals surface area contributed by atoms with Crippen LogP contribution >= 0.6 is 8.38 Å². The quantitative estimate of drug-likeness (QED) is 0.287. The number of nitrogens with zero attached hydrogens (tertiary/aromatic N) is 2. The number of nitro benzene ring substituents is 2. The molecule has 0 aliphatic heterocycles. The van der Waals surface area contributed by atoms with E-state index < -0.39 is 18.2 Å². The molecule has 0 atom stereocenters. The van der Waals surface area contributed by atoms with Gasteiger partial charge in [-0.05, 0) is 17.9 Å². The fourth-order valence-corrected chi connectivity index (χ4v) is 2.85. The van der Waals surface area contributed by atoms with Crippen LogP contribution in [0.3, 0.4) is 0 Å². The van der Waals surface area contributed by atoms with Gasteiger partial charge in [0.25, 0.3) is 11.4 Å². The summed E-state index contributed by atoms with van der Waals surface area (Å²) >= 11 is 0. The van der Waals surface area contributed by atoms with Gasteiger partial charge in [-0.3, -0.25) is 20.2 Å². The van der Waals surface area contributed by atoms with E-state index in [2.05, 4.69) is 6.58 Å². The van der Waals surface area contributed by atoms with Crippen LogP contribution in [-0.2, 0) is 22.3 Å². The van der Waals surface area contributed by atoms with Gasteiger partial charge < -0.3 is 9.05 Å². The number of hydrogen-bond donors (Lipinski definition) is 0. The van der Waals surface area contributed by atoms with Gasteiger partial charge in [0.2, 0.25) is 0 Å². The van der Waals surface area contributed by atoms with Crippen molar-refractivity contribution in [1.82, 2.24) is 0 Å². The van der Waals surface area contributed by atoms with Gasteiger partial charge in [0.05, 0.1) is 42.6 Å². The first-order valence-corrected chi connectivity index (χ1v) is 8.39. The lowest BCUT2D eigenvalue weighted by Crippen LogP contribution is -1.99. The van der Waals surface area contributed by atoms with Crippen molar-refractivity contribution < 1.29 is 18.9 Å². The van der Waals surface area contributed by atoms with E-state index in [0.29, 0.717) is 11.1 Å². The second-order valence-corrected chi connectivity index (χ2v) is 6.24. The Morgan fingerprint density at radius 1 is 0.885 bits per heavy atom. The van der Waals surface area contributed by atoms with Crippen LogP contribution in [0.4, 0.5) is 11.4 Å². The average Bonchev–Trinajstić information content (AvgIpc) is 2.62. The zero-order valence-electron chi connectivity index (χ0n) is 13.1. The molecule has 0 saturated heterocycles. The molecule has 0 radical (unpaired) electrons. The molecule has 2 aromatic rings. The Hall–Kier alpha value is -2.61. The van der Waals surface area contributed by atoms with Crippen LogP contribution in [0.25, 0.3) is 0 Å². The van der Waals surface area contributed by atoms with Crippen molar-refractivity contribution in [2.24, 2.45) is 0 Å². The molecule has 2 aromatic carbocycles. The van der Waals surface area contributed by atoms with Crippen LogP contribution in [0, 0.1) is 20.2 Å². The molecule has 2 rings (SSSR count). The summed E-state index contributed by atoms with van der Waals surface area (Å²) < 4.78 is 11.1. The number of nitro groups is 2. The topological polar surface area (TPSA) is 105 Å². The van der Waals surface area contributed by atoms with E-state index in [1.54, 1.807) is 36.4 Å². The number of hydrogen-bond acceptors (Lipinski definition) is 6. The Kier molecular flexibility index (Phi) is 8.58. The van der Waals surface area contributed by atoms with Crippen LogP contribution in [0.2, 0.25) is 0 Å². The number of rotatable bonds is 9. The van der Waals surface area contributed by atoms with Crippen molar-refractivity contribution in [3.63, 3.8) is 0 Å². The second-order valence-electron chi connectivity index (χ2n) is 4.79. The predicted octanol–water partition coefficient (Wildman–Crippen LogP) is 3.51. The molecule has 0 saturated carbocycles. The van der Waals surface area contributed by atoms with E-state index in [1.165, 1.54) is 17.9 Å². The normalized spacial score (nSPS) is 10.2. The molecule has 0 bridgehead atoms. The van der Waals surface area contributed by atoms with Gasteiger partial charge in [0.15, 0.2) is 8.38 Å². The fourth-order valence-electron chi connectivity index (χ4n) is 2.03. The lowest BCUT2D eigenvalue weighted by atomic mass is 10.2. The van der Waals surface area contributed by atoms with Crippen LogP contribution < -0.4 is 0 Å². The van der Waals surface area contributed by atoms with E-state index in [4.69, 9.17) is 9.05 Å². The van der Waals surface area contributed by atoms with E-state index in [-0.39, 0.29) is 33.0 Å². The van der Waals surface area contributed by atoms with E-state index >= 15 is 0 Å². The van der Waals surface area contributed by atoms with Crippen LogP contribution in [0.1, 0.15) is 11.1 Å². The summed E-state index contributed by atoms with van der Waals surface area (Å²) in [5, 5.41) is 22.0. The van der Waals surface area contributed by atoms with Gasteiger partial charge in [0.1, 0.15) is 0 Å². The Morgan fingerprint density at radius 3 is 1.62 bits per heavy atom. The maximum Gasteiger partial charge on any atom is 0.274 e. The van der Waals surface area contributed by atoms with Crippen LogP contribution in [-0.4, -0.2) is 18.3 Å². The molecule has 8 nitrogen and oxygen atoms in total. The zero-order chi connectivity index (χ0) is 18.2. The fraction of sp³-hybridized carbons (Fsp3) is 0.125. The molecule has 0 aromatic heterocycles.